The van der Waals surface area contributed by atoms with Crippen molar-refractivity contribution in [3.05, 3.63) is 23.4 Å². The maximum atomic E-state index is 11.4. The molecule has 0 aliphatic heterocycles. The van der Waals surface area contributed by atoms with Gasteiger partial charge in [0.15, 0.2) is 0 Å². The molecule has 0 spiro atoms. The van der Waals surface area contributed by atoms with Crippen LogP contribution in [0.1, 0.15) is 36.8 Å². The lowest BCUT2D eigenvalue weighted by Gasteiger charge is -2.19. The predicted molar refractivity (Wildman–Crippen MR) is 68.3 cm³/mol. The molecule has 1 heterocycles. The third kappa shape index (κ3) is 4.06. The zero-order chi connectivity index (χ0) is 13.1. The van der Waals surface area contributed by atoms with Gasteiger partial charge in [0.05, 0.1) is 18.4 Å². The number of pyridine rings is 1. The summed E-state index contributed by atoms with van der Waals surface area (Å²) in [6, 6.07) is 3.53. The first-order valence-electron chi connectivity index (χ1n) is 5.63. The summed E-state index contributed by atoms with van der Waals surface area (Å²) in [5.41, 5.74) is 1.38. The van der Waals surface area contributed by atoms with Gasteiger partial charge in [0.25, 0.3) is 0 Å². The molecule has 1 rings (SSSR count). The number of hydrogen-bond acceptors (Lipinski definition) is 4. The summed E-state index contributed by atoms with van der Waals surface area (Å²) in [4.78, 5) is 15.7. The Labute approximate surface area is 102 Å². The molecule has 0 saturated heterocycles. The first-order valence-corrected chi connectivity index (χ1v) is 5.63. The fourth-order valence-electron chi connectivity index (χ4n) is 1.34. The van der Waals surface area contributed by atoms with E-state index in [1.165, 1.54) is 7.11 Å². The van der Waals surface area contributed by atoms with Gasteiger partial charge in [-0.3, -0.25) is 0 Å². The van der Waals surface area contributed by atoms with E-state index in [9.17, 15) is 4.79 Å². The number of esters is 1. The average Bonchev–Trinajstić information content (AvgIpc) is 2.24. The van der Waals surface area contributed by atoms with E-state index in [-0.39, 0.29) is 11.4 Å². The van der Waals surface area contributed by atoms with Crippen molar-refractivity contribution in [1.29, 1.82) is 0 Å². The smallest absolute Gasteiger partial charge is 0.339 e. The average molecular weight is 236 g/mol. The lowest BCUT2D eigenvalue weighted by Crippen LogP contribution is -2.20. The number of aryl methyl sites for hydroxylation is 1. The van der Waals surface area contributed by atoms with E-state index >= 15 is 0 Å². The van der Waals surface area contributed by atoms with Crippen LogP contribution < -0.4 is 5.32 Å². The number of methoxy groups -OCH3 is 1. The topological polar surface area (TPSA) is 51.2 Å². The van der Waals surface area contributed by atoms with E-state index in [2.05, 4.69) is 35.8 Å². The van der Waals surface area contributed by atoms with Crippen molar-refractivity contribution in [2.75, 3.05) is 19.0 Å². The van der Waals surface area contributed by atoms with E-state index in [1.54, 1.807) is 19.1 Å². The van der Waals surface area contributed by atoms with Gasteiger partial charge in [0.1, 0.15) is 5.82 Å². The highest BCUT2D eigenvalue weighted by Crippen LogP contribution is 2.16. The Morgan fingerprint density at radius 2 is 2.06 bits per heavy atom. The molecule has 1 aromatic rings. The Bertz CT molecular complexity index is 408. The van der Waals surface area contributed by atoms with E-state index in [0.717, 1.165) is 12.4 Å². The highest BCUT2D eigenvalue weighted by atomic mass is 16.5. The van der Waals surface area contributed by atoms with Gasteiger partial charge in [-0.25, -0.2) is 9.78 Å². The van der Waals surface area contributed by atoms with Crippen LogP contribution in [0.15, 0.2) is 12.1 Å². The third-order valence-corrected chi connectivity index (χ3v) is 2.29. The molecular weight excluding hydrogens is 216 g/mol. The predicted octanol–water partition coefficient (Wildman–Crippen LogP) is 2.63. The summed E-state index contributed by atoms with van der Waals surface area (Å²) in [6.07, 6.45) is 0. The zero-order valence-corrected chi connectivity index (χ0v) is 11.1. The normalized spacial score (nSPS) is 11.1. The van der Waals surface area contributed by atoms with Crippen molar-refractivity contribution in [3.63, 3.8) is 0 Å². The van der Waals surface area contributed by atoms with Gasteiger partial charge in [-0.2, -0.15) is 0 Å². The Morgan fingerprint density at radius 1 is 1.41 bits per heavy atom. The van der Waals surface area contributed by atoms with Gasteiger partial charge in [-0.15, -0.1) is 0 Å². The molecule has 0 fully saturated rings. The molecule has 0 aliphatic carbocycles. The fraction of sp³-hybridized carbons (Fsp3) is 0.538. The van der Waals surface area contributed by atoms with E-state index in [4.69, 9.17) is 0 Å². The molecule has 1 aromatic heterocycles. The summed E-state index contributed by atoms with van der Waals surface area (Å²) >= 11 is 0. The molecule has 0 aromatic carbocycles. The standard InChI is InChI=1S/C13H20N2O2/c1-9-10(12(16)17-5)6-7-11(15-9)14-8-13(2,3)4/h6-7H,8H2,1-5H3,(H,14,15). The lowest BCUT2D eigenvalue weighted by molar-refractivity contribution is 0.0599. The van der Waals surface area contributed by atoms with Crippen molar-refractivity contribution in [2.24, 2.45) is 5.41 Å². The maximum absolute atomic E-state index is 11.4. The lowest BCUT2D eigenvalue weighted by atomic mass is 9.97. The van der Waals surface area contributed by atoms with Gasteiger partial charge in [-0.05, 0) is 24.5 Å². The number of aromatic nitrogens is 1. The van der Waals surface area contributed by atoms with Crippen LogP contribution >= 0.6 is 0 Å². The fourth-order valence-corrected chi connectivity index (χ4v) is 1.34. The molecule has 0 saturated carbocycles. The SMILES string of the molecule is COC(=O)c1ccc(NCC(C)(C)C)nc1C. The quantitative estimate of drug-likeness (QED) is 0.820. The molecule has 1 N–H and O–H groups in total. The summed E-state index contributed by atoms with van der Waals surface area (Å²) in [5.74, 6) is 0.433. The third-order valence-electron chi connectivity index (χ3n) is 2.29. The number of carbonyl (C=O) groups is 1. The zero-order valence-electron chi connectivity index (χ0n) is 11.1. The molecule has 0 radical (unpaired) electrons. The van der Waals surface area contributed by atoms with Crippen LogP contribution in [0.4, 0.5) is 5.82 Å². The van der Waals surface area contributed by atoms with Crippen LogP contribution in [0.25, 0.3) is 0 Å². The van der Waals surface area contributed by atoms with Crippen molar-refractivity contribution < 1.29 is 9.53 Å². The molecule has 0 bridgehead atoms. The number of nitrogens with zero attached hydrogens (tertiary/aromatic N) is 1. The molecule has 0 unspecified atom stereocenters. The minimum Gasteiger partial charge on any atom is -0.465 e. The van der Waals surface area contributed by atoms with Gasteiger partial charge < -0.3 is 10.1 Å². The van der Waals surface area contributed by atoms with Gasteiger partial charge in [0.2, 0.25) is 0 Å². The first-order chi connectivity index (χ1) is 7.83. The van der Waals surface area contributed by atoms with Crippen molar-refractivity contribution in [3.8, 4) is 0 Å². The van der Waals surface area contributed by atoms with Crippen LogP contribution in [0, 0.1) is 12.3 Å². The molecular formula is C13H20N2O2. The van der Waals surface area contributed by atoms with Crippen molar-refractivity contribution >= 4 is 11.8 Å². The molecule has 0 aliphatic rings. The molecule has 4 heteroatoms. The summed E-state index contributed by atoms with van der Waals surface area (Å²) < 4.78 is 4.67. The second-order valence-electron chi connectivity index (χ2n) is 5.24. The Balaban J connectivity index is 2.79. The summed E-state index contributed by atoms with van der Waals surface area (Å²) in [6.45, 7) is 9.08. The number of hydrogen-bond donors (Lipinski definition) is 1. The highest BCUT2D eigenvalue weighted by molar-refractivity contribution is 5.90. The van der Waals surface area contributed by atoms with Crippen LogP contribution in [-0.4, -0.2) is 24.6 Å². The summed E-state index contributed by atoms with van der Waals surface area (Å²) in [7, 11) is 1.37. The number of carbonyl (C=O) groups excluding carboxylic acids is 1. The second-order valence-corrected chi connectivity index (χ2v) is 5.24. The first kappa shape index (κ1) is 13.5. The molecule has 0 amide bonds. The van der Waals surface area contributed by atoms with Crippen LogP contribution in [-0.2, 0) is 4.74 Å². The van der Waals surface area contributed by atoms with Crippen LogP contribution in [0.5, 0.6) is 0 Å². The largest absolute Gasteiger partial charge is 0.465 e. The second kappa shape index (κ2) is 5.17. The van der Waals surface area contributed by atoms with Crippen molar-refractivity contribution in [2.45, 2.75) is 27.7 Å². The minimum atomic E-state index is -0.350. The molecule has 17 heavy (non-hydrogen) atoms. The Morgan fingerprint density at radius 3 is 2.53 bits per heavy atom. The van der Waals surface area contributed by atoms with Crippen LogP contribution in [0.2, 0.25) is 0 Å². The number of ether oxygens (including phenoxy) is 1. The van der Waals surface area contributed by atoms with Crippen molar-refractivity contribution in [1.82, 2.24) is 4.98 Å². The van der Waals surface area contributed by atoms with E-state index in [0.29, 0.717) is 11.3 Å². The minimum absolute atomic E-state index is 0.191. The monoisotopic (exact) mass is 236 g/mol. The van der Waals surface area contributed by atoms with Crippen LogP contribution in [0.3, 0.4) is 0 Å². The Hall–Kier alpha value is -1.58. The number of nitrogens with one attached hydrogen (secondary N) is 1. The Kier molecular flexibility index (Phi) is 4.10. The number of anilines is 1. The van der Waals surface area contributed by atoms with E-state index < -0.39 is 0 Å². The molecule has 0 atom stereocenters. The van der Waals surface area contributed by atoms with Gasteiger partial charge in [-0.1, -0.05) is 20.8 Å². The number of rotatable bonds is 3. The highest BCUT2D eigenvalue weighted by Gasteiger charge is 2.12. The molecule has 94 valence electrons. The molecule has 4 nitrogen and oxygen atoms in total. The van der Waals surface area contributed by atoms with Gasteiger partial charge in [0, 0.05) is 6.54 Å². The summed E-state index contributed by atoms with van der Waals surface area (Å²) in [5, 5.41) is 3.25. The van der Waals surface area contributed by atoms with Gasteiger partial charge >= 0.3 is 5.97 Å². The van der Waals surface area contributed by atoms with E-state index in [1.807, 2.05) is 0 Å². The maximum Gasteiger partial charge on any atom is 0.339 e.